The van der Waals surface area contributed by atoms with Crippen LogP contribution in [0.1, 0.15) is 18.9 Å². The highest BCUT2D eigenvalue weighted by Crippen LogP contribution is 2.32. The molecule has 1 aromatic rings. The van der Waals surface area contributed by atoms with Crippen molar-refractivity contribution in [2.45, 2.75) is 30.7 Å². The van der Waals surface area contributed by atoms with Crippen LogP contribution in [0.4, 0.5) is 5.69 Å². The molecular formula is C13H18N2OS. The number of hydrogen-bond acceptors (Lipinski definition) is 3. The molecule has 1 heterocycles. The van der Waals surface area contributed by atoms with Crippen molar-refractivity contribution in [2.75, 3.05) is 18.1 Å². The maximum atomic E-state index is 11.3. The summed E-state index contributed by atoms with van der Waals surface area (Å²) >= 11 is 1.61. The molecule has 0 fully saturated rings. The third-order valence-corrected chi connectivity index (χ3v) is 4.13. The summed E-state index contributed by atoms with van der Waals surface area (Å²) in [6, 6.07) is 6.86. The van der Waals surface area contributed by atoms with Crippen LogP contribution >= 0.6 is 11.8 Å². The fourth-order valence-electron chi connectivity index (χ4n) is 1.99. The summed E-state index contributed by atoms with van der Waals surface area (Å²) in [5.74, 6) is 0.626. The number of carbonyl (C=O) groups is 1. The predicted molar refractivity (Wildman–Crippen MR) is 72.6 cm³/mol. The molecule has 1 amide bonds. The molecule has 1 unspecified atom stereocenters. The summed E-state index contributed by atoms with van der Waals surface area (Å²) in [5, 5.41) is 6.23. The largest absolute Gasteiger partial charge is 0.324 e. The smallest absolute Gasteiger partial charge is 0.234 e. The van der Waals surface area contributed by atoms with Gasteiger partial charge in [0, 0.05) is 10.9 Å². The molecule has 0 spiro atoms. The zero-order valence-corrected chi connectivity index (χ0v) is 11.1. The van der Waals surface area contributed by atoms with Crippen LogP contribution in [0.15, 0.2) is 23.1 Å². The number of rotatable bonds is 4. The van der Waals surface area contributed by atoms with E-state index in [0.29, 0.717) is 11.8 Å². The highest BCUT2D eigenvalue weighted by molar-refractivity contribution is 8.00. The van der Waals surface area contributed by atoms with Crippen molar-refractivity contribution in [3.8, 4) is 0 Å². The lowest BCUT2D eigenvalue weighted by molar-refractivity contribution is -0.113. The van der Waals surface area contributed by atoms with Crippen molar-refractivity contribution in [3.05, 3.63) is 23.8 Å². The van der Waals surface area contributed by atoms with Gasteiger partial charge in [-0.15, -0.1) is 11.8 Å². The van der Waals surface area contributed by atoms with Gasteiger partial charge in [0.25, 0.3) is 0 Å². The average Bonchev–Trinajstić information content (AvgIpc) is 2.35. The van der Waals surface area contributed by atoms with E-state index >= 15 is 0 Å². The molecular weight excluding hydrogens is 232 g/mol. The molecule has 92 valence electrons. The summed E-state index contributed by atoms with van der Waals surface area (Å²) in [4.78, 5) is 12.5. The van der Waals surface area contributed by atoms with Crippen molar-refractivity contribution in [2.24, 2.45) is 0 Å². The lowest BCUT2D eigenvalue weighted by atomic mass is 10.0. The number of carbonyl (C=O) groups excluding carboxylic acids is 1. The van der Waals surface area contributed by atoms with Gasteiger partial charge in [-0.2, -0.15) is 0 Å². The molecule has 1 aromatic carbocycles. The summed E-state index contributed by atoms with van der Waals surface area (Å²) in [5.41, 5.74) is 2.24. The predicted octanol–water partition coefficient (Wildman–Crippen LogP) is 2.27. The number of nitrogens with one attached hydrogen (secondary N) is 2. The first-order chi connectivity index (χ1) is 8.22. The molecule has 0 saturated heterocycles. The standard InChI is InChI=1S/C13H18N2OS/c1-3-10(14-2)6-9-4-5-12-11(7-9)15-13(16)8-17-12/h4-5,7,10,14H,3,6,8H2,1-2H3,(H,15,16). The summed E-state index contributed by atoms with van der Waals surface area (Å²) in [6.45, 7) is 2.18. The topological polar surface area (TPSA) is 41.1 Å². The monoisotopic (exact) mass is 250 g/mol. The number of thioether (sulfide) groups is 1. The highest BCUT2D eigenvalue weighted by atomic mass is 32.2. The van der Waals surface area contributed by atoms with Crippen molar-refractivity contribution in [3.63, 3.8) is 0 Å². The third kappa shape index (κ3) is 3.01. The number of hydrogen-bond donors (Lipinski definition) is 2. The van der Waals surface area contributed by atoms with Crippen molar-refractivity contribution >= 4 is 23.4 Å². The van der Waals surface area contributed by atoms with Crippen LogP contribution in [-0.2, 0) is 11.2 Å². The van der Waals surface area contributed by atoms with Gasteiger partial charge in [-0.1, -0.05) is 13.0 Å². The third-order valence-electron chi connectivity index (χ3n) is 3.06. The van der Waals surface area contributed by atoms with Crippen molar-refractivity contribution in [1.82, 2.24) is 5.32 Å². The van der Waals surface area contributed by atoms with E-state index in [1.807, 2.05) is 7.05 Å². The lowest BCUT2D eigenvalue weighted by Gasteiger charge is -2.19. The Bertz CT molecular complexity index is 416. The summed E-state index contributed by atoms with van der Waals surface area (Å²) in [6.07, 6.45) is 2.11. The van der Waals surface area contributed by atoms with Gasteiger partial charge in [0.1, 0.15) is 0 Å². The fourth-order valence-corrected chi connectivity index (χ4v) is 2.78. The normalized spacial score (nSPS) is 16.2. The van der Waals surface area contributed by atoms with E-state index in [0.717, 1.165) is 18.5 Å². The molecule has 1 aliphatic rings. The fraction of sp³-hybridized carbons (Fsp3) is 0.462. The van der Waals surface area contributed by atoms with Gasteiger partial charge in [-0.05, 0) is 37.6 Å². The van der Waals surface area contributed by atoms with Gasteiger partial charge >= 0.3 is 0 Å². The van der Waals surface area contributed by atoms with E-state index in [1.165, 1.54) is 10.5 Å². The van der Waals surface area contributed by atoms with Gasteiger partial charge in [0.05, 0.1) is 11.4 Å². The second-order valence-corrected chi connectivity index (χ2v) is 5.28. The quantitative estimate of drug-likeness (QED) is 0.861. The van der Waals surface area contributed by atoms with Crippen molar-refractivity contribution in [1.29, 1.82) is 0 Å². The minimum absolute atomic E-state index is 0.0975. The molecule has 4 heteroatoms. The Morgan fingerprint density at radius 1 is 1.53 bits per heavy atom. The Hall–Kier alpha value is -1.000. The Kier molecular flexibility index (Phi) is 4.07. The second-order valence-electron chi connectivity index (χ2n) is 4.27. The zero-order chi connectivity index (χ0) is 12.3. The molecule has 2 rings (SSSR count). The van der Waals surface area contributed by atoms with Gasteiger partial charge in [-0.3, -0.25) is 4.79 Å². The van der Waals surface area contributed by atoms with Gasteiger partial charge in [0.2, 0.25) is 5.91 Å². The number of benzene rings is 1. The average molecular weight is 250 g/mol. The molecule has 0 bridgehead atoms. The second kappa shape index (κ2) is 5.56. The van der Waals surface area contributed by atoms with Crippen LogP contribution in [-0.4, -0.2) is 24.7 Å². The molecule has 0 saturated carbocycles. The molecule has 0 radical (unpaired) electrons. The Morgan fingerprint density at radius 3 is 3.06 bits per heavy atom. The molecule has 1 atom stereocenters. The van der Waals surface area contributed by atoms with Crippen molar-refractivity contribution < 1.29 is 4.79 Å². The summed E-state index contributed by atoms with van der Waals surface area (Å²) < 4.78 is 0. The minimum Gasteiger partial charge on any atom is -0.324 e. The van der Waals surface area contributed by atoms with E-state index in [9.17, 15) is 4.79 Å². The van der Waals surface area contributed by atoms with E-state index in [-0.39, 0.29) is 5.91 Å². The lowest BCUT2D eigenvalue weighted by Crippen LogP contribution is -2.26. The first-order valence-corrected chi connectivity index (χ1v) is 6.94. The first-order valence-electron chi connectivity index (χ1n) is 5.95. The summed E-state index contributed by atoms with van der Waals surface area (Å²) in [7, 11) is 1.99. The molecule has 17 heavy (non-hydrogen) atoms. The molecule has 2 N–H and O–H groups in total. The van der Waals surface area contributed by atoms with Gasteiger partial charge in [-0.25, -0.2) is 0 Å². The Morgan fingerprint density at radius 2 is 2.35 bits per heavy atom. The van der Waals surface area contributed by atoms with E-state index < -0.39 is 0 Å². The van der Waals surface area contributed by atoms with Crippen LogP contribution in [0.25, 0.3) is 0 Å². The Labute approximate surface area is 106 Å². The van der Waals surface area contributed by atoms with Crippen LogP contribution in [0, 0.1) is 0 Å². The van der Waals surface area contributed by atoms with E-state index in [2.05, 4.69) is 35.8 Å². The van der Waals surface area contributed by atoms with Crippen LogP contribution < -0.4 is 10.6 Å². The molecule has 0 aromatic heterocycles. The number of likely N-dealkylation sites (N-methyl/N-ethyl adjacent to an activating group) is 1. The van der Waals surface area contributed by atoms with Crippen LogP contribution in [0.3, 0.4) is 0 Å². The molecule has 3 nitrogen and oxygen atoms in total. The molecule has 0 aliphatic carbocycles. The van der Waals surface area contributed by atoms with Crippen LogP contribution in [0.5, 0.6) is 0 Å². The van der Waals surface area contributed by atoms with Gasteiger partial charge < -0.3 is 10.6 Å². The molecule has 1 aliphatic heterocycles. The maximum absolute atomic E-state index is 11.3. The van der Waals surface area contributed by atoms with Crippen LogP contribution in [0.2, 0.25) is 0 Å². The maximum Gasteiger partial charge on any atom is 0.234 e. The van der Waals surface area contributed by atoms with E-state index in [1.54, 1.807) is 11.8 Å². The highest BCUT2D eigenvalue weighted by Gasteiger charge is 2.16. The Balaban J connectivity index is 2.15. The first kappa shape index (κ1) is 12.5. The number of amides is 1. The van der Waals surface area contributed by atoms with E-state index in [4.69, 9.17) is 0 Å². The zero-order valence-electron chi connectivity index (χ0n) is 10.2. The van der Waals surface area contributed by atoms with Gasteiger partial charge in [0.15, 0.2) is 0 Å². The number of fused-ring (bicyclic) bond motifs is 1. The SMILES string of the molecule is CCC(Cc1ccc2c(c1)NC(=O)CS2)NC. The minimum atomic E-state index is 0.0975. The number of anilines is 1.